The van der Waals surface area contributed by atoms with Crippen molar-refractivity contribution in [1.29, 1.82) is 0 Å². The first-order chi connectivity index (χ1) is 10.3. The van der Waals surface area contributed by atoms with Crippen molar-refractivity contribution in [2.24, 2.45) is 0 Å². The first kappa shape index (κ1) is 17.9. The quantitative estimate of drug-likeness (QED) is 0.855. The summed E-state index contributed by atoms with van der Waals surface area (Å²) in [6.45, 7) is 13.6. The Bertz CT molecular complexity index is 365. The van der Waals surface area contributed by atoms with Crippen molar-refractivity contribution >= 4 is 17.9 Å². The molecule has 0 bridgehead atoms. The molecule has 0 aliphatic carbocycles. The van der Waals surface area contributed by atoms with Crippen LogP contribution in [0.15, 0.2) is 0 Å². The van der Waals surface area contributed by atoms with Gasteiger partial charge in [0.25, 0.3) is 0 Å². The fourth-order valence-electron chi connectivity index (χ4n) is 2.87. The molecule has 0 radical (unpaired) electrons. The predicted octanol–water partition coefficient (Wildman–Crippen LogP) is 2.02. The lowest BCUT2D eigenvalue weighted by molar-refractivity contribution is 0.0146. The van der Waals surface area contributed by atoms with Gasteiger partial charge in [0.2, 0.25) is 0 Å². The van der Waals surface area contributed by atoms with E-state index in [1.54, 1.807) is 0 Å². The van der Waals surface area contributed by atoms with E-state index >= 15 is 0 Å². The van der Waals surface area contributed by atoms with E-state index in [1.165, 1.54) is 12.2 Å². The standard InChI is InChI=1S/C16H31N3O2S/c1-13-11-14(12-22-13)17-5-6-18-7-9-19(10-8-18)15(20)21-16(2,3)4/h13-14,17H,5-12H2,1-4H3. The number of carbonyl (C=O) groups excluding carboxylic acids is 1. The lowest BCUT2D eigenvalue weighted by Gasteiger charge is -2.35. The minimum atomic E-state index is -0.408. The molecule has 2 aliphatic heterocycles. The van der Waals surface area contributed by atoms with Gasteiger partial charge in [0.05, 0.1) is 0 Å². The van der Waals surface area contributed by atoms with Crippen LogP contribution in [0.3, 0.4) is 0 Å². The fraction of sp³-hybridized carbons (Fsp3) is 0.938. The topological polar surface area (TPSA) is 44.8 Å². The molecule has 2 atom stereocenters. The van der Waals surface area contributed by atoms with E-state index in [0.29, 0.717) is 6.04 Å². The molecule has 2 heterocycles. The van der Waals surface area contributed by atoms with Crippen LogP contribution in [0.5, 0.6) is 0 Å². The summed E-state index contributed by atoms with van der Waals surface area (Å²) >= 11 is 2.07. The van der Waals surface area contributed by atoms with Gasteiger partial charge in [0.15, 0.2) is 0 Å². The van der Waals surface area contributed by atoms with Gasteiger partial charge in [0.1, 0.15) is 5.60 Å². The maximum atomic E-state index is 12.0. The highest BCUT2D eigenvalue weighted by Gasteiger charge is 2.26. The molecule has 2 unspecified atom stereocenters. The Morgan fingerprint density at radius 1 is 1.27 bits per heavy atom. The van der Waals surface area contributed by atoms with Gasteiger partial charge in [-0.05, 0) is 27.2 Å². The highest BCUT2D eigenvalue weighted by molar-refractivity contribution is 8.00. The zero-order chi connectivity index (χ0) is 16.2. The van der Waals surface area contributed by atoms with E-state index in [0.717, 1.165) is 44.5 Å². The largest absolute Gasteiger partial charge is 0.444 e. The first-order valence-corrected chi connectivity index (χ1v) is 9.43. The molecule has 2 aliphatic rings. The van der Waals surface area contributed by atoms with Crippen molar-refractivity contribution in [1.82, 2.24) is 15.1 Å². The molecule has 0 spiro atoms. The average Bonchev–Trinajstić information content (AvgIpc) is 2.83. The molecule has 2 rings (SSSR count). The normalized spacial score (nSPS) is 27.2. The maximum absolute atomic E-state index is 12.0. The number of nitrogens with one attached hydrogen (secondary N) is 1. The van der Waals surface area contributed by atoms with Crippen molar-refractivity contribution in [2.45, 2.75) is 51.0 Å². The molecule has 22 heavy (non-hydrogen) atoms. The molecule has 0 saturated carbocycles. The molecule has 1 amide bonds. The molecule has 6 heteroatoms. The fourth-order valence-corrected chi connectivity index (χ4v) is 4.05. The van der Waals surface area contributed by atoms with Crippen molar-refractivity contribution in [3.05, 3.63) is 0 Å². The van der Waals surface area contributed by atoms with Crippen LogP contribution in [0, 0.1) is 0 Å². The van der Waals surface area contributed by atoms with Gasteiger partial charge in [-0.15, -0.1) is 0 Å². The first-order valence-electron chi connectivity index (χ1n) is 8.39. The molecule has 2 fully saturated rings. The molecule has 2 saturated heterocycles. The van der Waals surface area contributed by atoms with Gasteiger partial charge in [-0.3, -0.25) is 4.90 Å². The molecule has 5 nitrogen and oxygen atoms in total. The second kappa shape index (κ2) is 7.88. The smallest absolute Gasteiger partial charge is 0.410 e. The summed E-state index contributed by atoms with van der Waals surface area (Å²) in [5.74, 6) is 1.24. The average molecular weight is 330 g/mol. The van der Waals surface area contributed by atoms with Crippen molar-refractivity contribution < 1.29 is 9.53 Å². The number of amides is 1. The zero-order valence-corrected chi connectivity index (χ0v) is 15.2. The molecule has 128 valence electrons. The minimum Gasteiger partial charge on any atom is -0.444 e. The Balaban J connectivity index is 1.60. The molecule has 0 aromatic carbocycles. The van der Waals surface area contributed by atoms with Crippen LogP contribution < -0.4 is 5.32 Å². The third kappa shape index (κ3) is 5.97. The van der Waals surface area contributed by atoms with Crippen LogP contribution in [0.2, 0.25) is 0 Å². The number of hydrogen-bond acceptors (Lipinski definition) is 5. The van der Waals surface area contributed by atoms with Crippen molar-refractivity contribution in [3.63, 3.8) is 0 Å². The lowest BCUT2D eigenvalue weighted by Crippen LogP contribution is -2.51. The third-order valence-electron chi connectivity index (χ3n) is 4.08. The van der Waals surface area contributed by atoms with Gasteiger partial charge in [-0.25, -0.2) is 4.79 Å². The van der Waals surface area contributed by atoms with Gasteiger partial charge >= 0.3 is 6.09 Å². The molecule has 0 aromatic rings. The van der Waals surface area contributed by atoms with E-state index in [2.05, 4.69) is 28.9 Å². The molecule has 1 N–H and O–H groups in total. The lowest BCUT2D eigenvalue weighted by atomic mass is 10.2. The van der Waals surface area contributed by atoms with Crippen LogP contribution in [0.4, 0.5) is 4.79 Å². The summed E-state index contributed by atoms with van der Waals surface area (Å²) in [5.41, 5.74) is -0.408. The zero-order valence-electron chi connectivity index (χ0n) is 14.4. The molecule has 0 aromatic heterocycles. The Labute approximate surface area is 139 Å². The highest BCUT2D eigenvalue weighted by atomic mass is 32.2. The maximum Gasteiger partial charge on any atom is 0.410 e. The monoisotopic (exact) mass is 329 g/mol. The molecular formula is C16H31N3O2S. The van der Waals surface area contributed by atoms with E-state index in [9.17, 15) is 4.79 Å². The predicted molar refractivity (Wildman–Crippen MR) is 92.6 cm³/mol. The van der Waals surface area contributed by atoms with Gasteiger partial charge in [-0.2, -0.15) is 11.8 Å². The van der Waals surface area contributed by atoms with E-state index < -0.39 is 5.60 Å². The Hall–Kier alpha value is -0.460. The summed E-state index contributed by atoms with van der Waals surface area (Å²) in [4.78, 5) is 16.3. The van der Waals surface area contributed by atoms with Crippen molar-refractivity contribution in [3.8, 4) is 0 Å². The Kier molecular flexibility index (Phi) is 6.41. The highest BCUT2D eigenvalue weighted by Crippen LogP contribution is 2.25. The van der Waals surface area contributed by atoms with Crippen molar-refractivity contribution in [2.75, 3.05) is 45.0 Å². The van der Waals surface area contributed by atoms with E-state index in [1.807, 2.05) is 25.7 Å². The SMILES string of the molecule is CC1CC(NCCN2CCN(C(=O)OC(C)(C)C)CC2)CS1. The van der Waals surface area contributed by atoms with Crippen LogP contribution in [-0.4, -0.2) is 77.8 Å². The third-order valence-corrected chi connectivity index (χ3v) is 5.44. The minimum absolute atomic E-state index is 0.178. The van der Waals surface area contributed by atoms with Crippen LogP contribution in [-0.2, 0) is 4.74 Å². The van der Waals surface area contributed by atoms with Crippen LogP contribution in [0.1, 0.15) is 34.1 Å². The number of nitrogens with zero attached hydrogens (tertiary/aromatic N) is 2. The number of thioether (sulfide) groups is 1. The summed E-state index contributed by atoms with van der Waals surface area (Å²) in [7, 11) is 0. The van der Waals surface area contributed by atoms with Gasteiger partial charge in [0, 0.05) is 56.3 Å². The second-order valence-corrected chi connectivity index (χ2v) is 8.81. The summed E-state index contributed by atoms with van der Waals surface area (Å²) in [6, 6.07) is 0.683. The van der Waals surface area contributed by atoms with Gasteiger partial charge in [-0.1, -0.05) is 6.92 Å². The molecular weight excluding hydrogens is 298 g/mol. The number of rotatable bonds is 4. The van der Waals surface area contributed by atoms with Crippen LogP contribution >= 0.6 is 11.8 Å². The van der Waals surface area contributed by atoms with Crippen LogP contribution in [0.25, 0.3) is 0 Å². The van der Waals surface area contributed by atoms with E-state index in [-0.39, 0.29) is 6.09 Å². The summed E-state index contributed by atoms with van der Waals surface area (Å²) in [6.07, 6.45) is 1.11. The number of ether oxygens (including phenoxy) is 1. The Morgan fingerprint density at radius 3 is 2.50 bits per heavy atom. The number of piperazine rings is 1. The van der Waals surface area contributed by atoms with E-state index in [4.69, 9.17) is 4.74 Å². The second-order valence-electron chi connectivity index (χ2n) is 7.34. The summed E-state index contributed by atoms with van der Waals surface area (Å²) in [5, 5.41) is 4.46. The number of hydrogen-bond donors (Lipinski definition) is 1. The Morgan fingerprint density at radius 2 is 1.95 bits per heavy atom. The number of carbonyl (C=O) groups is 1. The van der Waals surface area contributed by atoms with Gasteiger partial charge < -0.3 is 15.0 Å². The summed E-state index contributed by atoms with van der Waals surface area (Å²) < 4.78 is 5.42.